The molecule has 0 aliphatic heterocycles. The first-order chi connectivity index (χ1) is 7.51. The number of phenols is 1. The number of hydrogen-bond donors (Lipinski definition) is 1. The maximum Gasteiger partial charge on any atom is 0.341 e. The molecule has 0 radical (unpaired) electrons. The van der Waals surface area contributed by atoms with Crippen LogP contribution in [-0.4, -0.2) is 31.3 Å². The van der Waals surface area contributed by atoms with Crippen LogP contribution in [0.4, 0.5) is 0 Å². The SMILES string of the molecule is COC(=O)c1cc(C)c(O)c(C(=O)OC)c1. The van der Waals surface area contributed by atoms with Crippen LogP contribution in [0.5, 0.6) is 5.75 Å². The van der Waals surface area contributed by atoms with Crippen molar-refractivity contribution in [2.45, 2.75) is 6.92 Å². The second kappa shape index (κ2) is 4.65. The van der Waals surface area contributed by atoms with Crippen LogP contribution in [0.15, 0.2) is 12.1 Å². The number of carbonyl (C=O) groups excluding carboxylic acids is 2. The van der Waals surface area contributed by atoms with Gasteiger partial charge in [0.1, 0.15) is 11.3 Å². The second-order valence-corrected chi connectivity index (χ2v) is 3.17. The Bertz CT molecular complexity index is 436. The Morgan fingerprint density at radius 3 is 2.19 bits per heavy atom. The highest BCUT2D eigenvalue weighted by atomic mass is 16.5. The topological polar surface area (TPSA) is 72.8 Å². The maximum atomic E-state index is 11.3. The zero-order valence-electron chi connectivity index (χ0n) is 9.23. The minimum absolute atomic E-state index is 0.0529. The summed E-state index contributed by atoms with van der Waals surface area (Å²) in [7, 11) is 2.43. The summed E-state index contributed by atoms with van der Waals surface area (Å²) in [5, 5.41) is 9.63. The molecule has 0 aromatic heterocycles. The fraction of sp³-hybridized carbons (Fsp3) is 0.273. The van der Waals surface area contributed by atoms with E-state index >= 15 is 0 Å². The van der Waals surface area contributed by atoms with E-state index in [0.717, 1.165) is 0 Å². The van der Waals surface area contributed by atoms with Crippen molar-refractivity contribution in [3.63, 3.8) is 0 Å². The molecule has 0 aliphatic carbocycles. The Balaban J connectivity index is 3.33. The largest absolute Gasteiger partial charge is 0.507 e. The van der Waals surface area contributed by atoms with Gasteiger partial charge in [-0.1, -0.05) is 0 Å². The lowest BCUT2D eigenvalue weighted by molar-refractivity contribution is 0.0596. The van der Waals surface area contributed by atoms with E-state index in [-0.39, 0.29) is 16.9 Å². The van der Waals surface area contributed by atoms with E-state index in [0.29, 0.717) is 5.56 Å². The Morgan fingerprint density at radius 2 is 1.69 bits per heavy atom. The third-order valence-corrected chi connectivity index (χ3v) is 2.13. The summed E-state index contributed by atoms with van der Waals surface area (Å²) in [5.74, 6) is -1.47. The number of carbonyl (C=O) groups is 2. The van der Waals surface area contributed by atoms with E-state index in [1.54, 1.807) is 6.92 Å². The van der Waals surface area contributed by atoms with E-state index in [9.17, 15) is 14.7 Å². The van der Waals surface area contributed by atoms with Gasteiger partial charge in [0.25, 0.3) is 0 Å². The van der Waals surface area contributed by atoms with Crippen molar-refractivity contribution in [2.75, 3.05) is 14.2 Å². The maximum absolute atomic E-state index is 11.3. The molecule has 0 saturated heterocycles. The minimum Gasteiger partial charge on any atom is -0.507 e. The van der Waals surface area contributed by atoms with Gasteiger partial charge in [-0.15, -0.1) is 0 Å². The number of benzene rings is 1. The molecule has 1 aromatic carbocycles. The van der Waals surface area contributed by atoms with Gasteiger partial charge >= 0.3 is 11.9 Å². The summed E-state index contributed by atoms with van der Waals surface area (Å²) in [6.45, 7) is 1.58. The second-order valence-electron chi connectivity index (χ2n) is 3.17. The summed E-state index contributed by atoms with van der Waals surface area (Å²) in [5.41, 5.74) is 0.546. The number of aryl methyl sites for hydroxylation is 1. The van der Waals surface area contributed by atoms with Crippen LogP contribution in [0.3, 0.4) is 0 Å². The molecule has 0 heterocycles. The normalized spacial score (nSPS) is 9.69. The Hall–Kier alpha value is -2.04. The van der Waals surface area contributed by atoms with Crippen molar-refractivity contribution >= 4 is 11.9 Å². The van der Waals surface area contributed by atoms with Crippen molar-refractivity contribution in [3.05, 3.63) is 28.8 Å². The lowest BCUT2D eigenvalue weighted by Gasteiger charge is -2.08. The summed E-state index contributed by atoms with van der Waals surface area (Å²) in [6, 6.07) is 2.67. The summed E-state index contributed by atoms with van der Waals surface area (Å²) in [4.78, 5) is 22.6. The van der Waals surface area contributed by atoms with Crippen LogP contribution >= 0.6 is 0 Å². The minimum atomic E-state index is -0.702. The van der Waals surface area contributed by atoms with Crippen molar-refractivity contribution in [1.29, 1.82) is 0 Å². The van der Waals surface area contributed by atoms with Gasteiger partial charge in [0, 0.05) is 0 Å². The molecule has 86 valence electrons. The molecule has 1 aromatic rings. The van der Waals surface area contributed by atoms with Crippen molar-refractivity contribution in [3.8, 4) is 5.75 Å². The van der Waals surface area contributed by atoms with E-state index < -0.39 is 11.9 Å². The molecule has 0 fully saturated rings. The van der Waals surface area contributed by atoms with Crippen LogP contribution in [0.1, 0.15) is 26.3 Å². The van der Waals surface area contributed by atoms with Gasteiger partial charge in [-0.25, -0.2) is 9.59 Å². The number of methoxy groups -OCH3 is 2. The molecule has 0 atom stereocenters. The molecule has 0 bridgehead atoms. The predicted molar refractivity (Wildman–Crippen MR) is 55.5 cm³/mol. The fourth-order valence-electron chi connectivity index (χ4n) is 1.28. The summed E-state index contributed by atoms with van der Waals surface area (Å²) >= 11 is 0. The van der Waals surface area contributed by atoms with Gasteiger partial charge in [0.2, 0.25) is 0 Å². The molecule has 16 heavy (non-hydrogen) atoms. The monoisotopic (exact) mass is 224 g/mol. The summed E-state index contributed by atoms with van der Waals surface area (Å²) in [6.07, 6.45) is 0. The van der Waals surface area contributed by atoms with E-state index in [4.69, 9.17) is 0 Å². The van der Waals surface area contributed by atoms with Gasteiger partial charge < -0.3 is 14.6 Å². The van der Waals surface area contributed by atoms with Gasteiger partial charge in [0.15, 0.2) is 0 Å². The van der Waals surface area contributed by atoms with E-state index in [1.165, 1.54) is 26.4 Å². The highest BCUT2D eigenvalue weighted by molar-refractivity contribution is 5.97. The first-order valence-electron chi connectivity index (χ1n) is 4.51. The highest BCUT2D eigenvalue weighted by Gasteiger charge is 2.17. The Labute approximate surface area is 92.6 Å². The number of rotatable bonds is 2. The van der Waals surface area contributed by atoms with Gasteiger partial charge in [0.05, 0.1) is 19.8 Å². The average Bonchev–Trinajstić information content (AvgIpc) is 2.30. The van der Waals surface area contributed by atoms with Crippen LogP contribution in [0.25, 0.3) is 0 Å². The van der Waals surface area contributed by atoms with Gasteiger partial charge in [-0.2, -0.15) is 0 Å². The Morgan fingerprint density at radius 1 is 1.12 bits per heavy atom. The first-order valence-corrected chi connectivity index (χ1v) is 4.51. The van der Waals surface area contributed by atoms with Crippen LogP contribution in [-0.2, 0) is 9.47 Å². The van der Waals surface area contributed by atoms with Crippen molar-refractivity contribution in [2.24, 2.45) is 0 Å². The third-order valence-electron chi connectivity index (χ3n) is 2.13. The molecule has 0 amide bonds. The third kappa shape index (κ3) is 2.13. The smallest absolute Gasteiger partial charge is 0.341 e. The Kier molecular flexibility index (Phi) is 3.50. The van der Waals surface area contributed by atoms with Gasteiger partial charge in [-0.3, -0.25) is 0 Å². The molecule has 0 aliphatic rings. The van der Waals surface area contributed by atoms with E-state index in [1.807, 2.05) is 0 Å². The summed E-state index contributed by atoms with van der Waals surface area (Å²) < 4.78 is 9.02. The molecular weight excluding hydrogens is 212 g/mol. The lowest BCUT2D eigenvalue weighted by atomic mass is 10.0. The van der Waals surface area contributed by atoms with E-state index in [2.05, 4.69) is 9.47 Å². The molecule has 0 saturated carbocycles. The molecule has 1 rings (SSSR count). The number of ether oxygens (including phenoxy) is 2. The number of hydrogen-bond acceptors (Lipinski definition) is 5. The zero-order chi connectivity index (χ0) is 12.3. The molecule has 1 N–H and O–H groups in total. The van der Waals surface area contributed by atoms with Crippen molar-refractivity contribution < 1.29 is 24.2 Å². The number of aromatic hydroxyl groups is 1. The lowest BCUT2D eigenvalue weighted by Crippen LogP contribution is -2.07. The standard InChI is InChI=1S/C11H12O5/c1-6-4-7(10(13)15-2)5-8(9(6)12)11(14)16-3/h4-5,12H,1-3H3. The van der Waals surface area contributed by atoms with Crippen molar-refractivity contribution in [1.82, 2.24) is 0 Å². The highest BCUT2D eigenvalue weighted by Crippen LogP contribution is 2.24. The number of esters is 2. The molecule has 5 nitrogen and oxygen atoms in total. The van der Waals surface area contributed by atoms with Crippen LogP contribution < -0.4 is 0 Å². The molecule has 0 spiro atoms. The fourth-order valence-corrected chi connectivity index (χ4v) is 1.28. The molecule has 5 heteroatoms. The predicted octanol–water partition coefficient (Wildman–Crippen LogP) is 1.27. The average molecular weight is 224 g/mol. The van der Waals surface area contributed by atoms with Crippen LogP contribution in [0, 0.1) is 6.92 Å². The quantitative estimate of drug-likeness (QED) is 0.766. The van der Waals surface area contributed by atoms with Gasteiger partial charge in [-0.05, 0) is 24.6 Å². The molecular formula is C11H12O5. The first kappa shape index (κ1) is 12.0. The van der Waals surface area contributed by atoms with Crippen LogP contribution in [0.2, 0.25) is 0 Å². The number of phenolic OH excluding ortho intramolecular Hbond substituents is 1. The molecule has 0 unspecified atom stereocenters. The zero-order valence-corrected chi connectivity index (χ0v) is 9.23.